The molecule has 1 N–H and O–H groups in total. The van der Waals surface area contributed by atoms with E-state index in [0.717, 1.165) is 42.7 Å². The van der Waals surface area contributed by atoms with E-state index in [4.69, 9.17) is 0 Å². The highest BCUT2D eigenvalue weighted by Crippen LogP contribution is 2.10. The van der Waals surface area contributed by atoms with E-state index in [1.54, 1.807) is 6.20 Å². The maximum atomic E-state index is 4.35. The van der Waals surface area contributed by atoms with Crippen molar-refractivity contribution in [2.24, 2.45) is 0 Å². The molecule has 4 nitrogen and oxygen atoms in total. The molecule has 17 heavy (non-hydrogen) atoms. The molecule has 0 aliphatic carbocycles. The van der Waals surface area contributed by atoms with Crippen LogP contribution in [0.25, 0.3) is 0 Å². The van der Waals surface area contributed by atoms with Crippen LogP contribution in [0.15, 0.2) is 12.4 Å². The Balaban J connectivity index is 2.21. The SMILES string of the molecule is CCN(CC)CCSCc1cnc(NC)cn1. The van der Waals surface area contributed by atoms with Crippen LogP contribution in [-0.4, -0.2) is 47.3 Å². The van der Waals surface area contributed by atoms with Crippen LogP contribution in [0, 0.1) is 0 Å². The second kappa shape index (κ2) is 8.31. The van der Waals surface area contributed by atoms with Gasteiger partial charge in [0.15, 0.2) is 0 Å². The van der Waals surface area contributed by atoms with Crippen LogP contribution in [0.1, 0.15) is 19.5 Å². The van der Waals surface area contributed by atoms with Crippen molar-refractivity contribution in [2.45, 2.75) is 19.6 Å². The Hall–Kier alpha value is -0.810. The van der Waals surface area contributed by atoms with Crippen molar-refractivity contribution >= 4 is 17.6 Å². The monoisotopic (exact) mass is 254 g/mol. The number of hydrogen-bond acceptors (Lipinski definition) is 5. The van der Waals surface area contributed by atoms with Crippen molar-refractivity contribution in [3.05, 3.63) is 18.1 Å². The van der Waals surface area contributed by atoms with E-state index in [1.807, 2.05) is 25.0 Å². The molecule has 0 saturated carbocycles. The fourth-order valence-electron chi connectivity index (χ4n) is 1.47. The van der Waals surface area contributed by atoms with Crippen molar-refractivity contribution in [2.75, 3.05) is 37.8 Å². The summed E-state index contributed by atoms with van der Waals surface area (Å²) in [5.41, 5.74) is 1.05. The van der Waals surface area contributed by atoms with Gasteiger partial charge in [0.25, 0.3) is 0 Å². The second-order valence-electron chi connectivity index (χ2n) is 3.72. The molecule has 0 atom stereocenters. The van der Waals surface area contributed by atoms with E-state index in [0.29, 0.717) is 0 Å². The number of nitrogens with zero attached hydrogens (tertiary/aromatic N) is 3. The van der Waals surface area contributed by atoms with Crippen LogP contribution in [0.5, 0.6) is 0 Å². The number of hydrogen-bond donors (Lipinski definition) is 1. The molecular weight excluding hydrogens is 232 g/mol. The molecule has 0 saturated heterocycles. The summed E-state index contributed by atoms with van der Waals surface area (Å²) in [7, 11) is 1.85. The molecule has 0 unspecified atom stereocenters. The highest BCUT2D eigenvalue weighted by molar-refractivity contribution is 7.98. The van der Waals surface area contributed by atoms with E-state index in [1.165, 1.54) is 0 Å². The van der Waals surface area contributed by atoms with E-state index >= 15 is 0 Å². The van der Waals surface area contributed by atoms with Crippen LogP contribution in [-0.2, 0) is 5.75 Å². The third-order valence-electron chi connectivity index (χ3n) is 2.66. The van der Waals surface area contributed by atoms with Gasteiger partial charge in [0.1, 0.15) is 5.82 Å². The zero-order chi connectivity index (χ0) is 12.5. The fraction of sp³-hybridized carbons (Fsp3) is 0.667. The van der Waals surface area contributed by atoms with Crippen molar-refractivity contribution in [3.63, 3.8) is 0 Å². The molecule has 0 aliphatic heterocycles. The smallest absolute Gasteiger partial charge is 0.144 e. The lowest BCUT2D eigenvalue weighted by molar-refractivity contribution is 0.324. The Labute approximate surface area is 108 Å². The van der Waals surface area contributed by atoms with Crippen LogP contribution in [0.3, 0.4) is 0 Å². The number of thioether (sulfide) groups is 1. The average Bonchev–Trinajstić information content (AvgIpc) is 2.40. The molecule has 0 fully saturated rings. The summed E-state index contributed by atoms with van der Waals surface area (Å²) in [6.45, 7) is 7.83. The lowest BCUT2D eigenvalue weighted by Gasteiger charge is -2.17. The zero-order valence-corrected chi connectivity index (χ0v) is 11.8. The maximum Gasteiger partial charge on any atom is 0.144 e. The van der Waals surface area contributed by atoms with E-state index in [-0.39, 0.29) is 0 Å². The summed E-state index contributed by atoms with van der Waals surface area (Å²) >= 11 is 1.91. The molecule has 1 heterocycles. The van der Waals surface area contributed by atoms with Gasteiger partial charge in [0.2, 0.25) is 0 Å². The minimum absolute atomic E-state index is 0.821. The first-order valence-electron chi connectivity index (χ1n) is 6.08. The van der Waals surface area contributed by atoms with Gasteiger partial charge in [-0.1, -0.05) is 13.8 Å². The van der Waals surface area contributed by atoms with Crippen LogP contribution >= 0.6 is 11.8 Å². The van der Waals surface area contributed by atoms with Gasteiger partial charge >= 0.3 is 0 Å². The van der Waals surface area contributed by atoms with Gasteiger partial charge in [0.05, 0.1) is 18.1 Å². The zero-order valence-electron chi connectivity index (χ0n) is 10.9. The fourth-order valence-corrected chi connectivity index (χ4v) is 2.36. The second-order valence-corrected chi connectivity index (χ2v) is 4.83. The van der Waals surface area contributed by atoms with Gasteiger partial charge in [-0.2, -0.15) is 11.8 Å². The molecule has 5 heteroatoms. The first-order valence-corrected chi connectivity index (χ1v) is 7.24. The normalized spacial score (nSPS) is 10.8. The van der Waals surface area contributed by atoms with Crippen LogP contribution in [0.2, 0.25) is 0 Å². The Morgan fingerprint density at radius 2 is 2.00 bits per heavy atom. The number of anilines is 1. The topological polar surface area (TPSA) is 41.1 Å². The number of rotatable bonds is 8. The summed E-state index contributed by atoms with van der Waals surface area (Å²) < 4.78 is 0. The first kappa shape index (κ1) is 14.3. The van der Waals surface area contributed by atoms with Crippen molar-refractivity contribution in [3.8, 4) is 0 Å². The molecule has 1 rings (SSSR count). The Morgan fingerprint density at radius 3 is 2.53 bits per heavy atom. The molecule has 0 aromatic carbocycles. The number of aromatic nitrogens is 2. The molecule has 0 amide bonds. The summed E-state index contributed by atoms with van der Waals surface area (Å²) in [6.07, 6.45) is 3.62. The van der Waals surface area contributed by atoms with E-state index in [2.05, 4.69) is 34.0 Å². The van der Waals surface area contributed by atoms with Gasteiger partial charge in [-0.05, 0) is 13.1 Å². The lowest BCUT2D eigenvalue weighted by atomic mass is 10.5. The number of nitrogens with one attached hydrogen (secondary N) is 1. The largest absolute Gasteiger partial charge is 0.372 e. The lowest BCUT2D eigenvalue weighted by Crippen LogP contribution is -2.25. The van der Waals surface area contributed by atoms with Gasteiger partial charge in [0, 0.05) is 25.1 Å². The molecule has 0 spiro atoms. The summed E-state index contributed by atoms with van der Waals surface area (Å²) in [4.78, 5) is 11.0. The van der Waals surface area contributed by atoms with Crippen molar-refractivity contribution in [1.82, 2.24) is 14.9 Å². The summed E-state index contributed by atoms with van der Waals surface area (Å²) in [5.74, 6) is 2.91. The van der Waals surface area contributed by atoms with Gasteiger partial charge in [-0.25, -0.2) is 4.98 Å². The van der Waals surface area contributed by atoms with Gasteiger partial charge in [-0.3, -0.25) is 4.98 Å². The molecule has 1 aromatic rings. The van der Waals surface area contributed by atoms with E-state index < -0.39 is 0 Å². The third-order valence-corrected chi connectivity index (χ3v) is 3.63. The van der Waals surface area contributed by atoms with Crippen molar-refractivity contribution < 1.29 is 0 Å². The molecule has 96 valence electrons. The summed E-state index contributed by atoms with van der Waals surface area (Å²) in [5, 5.41) is 2.96. The van der Waals surface area contributed by atoms with Crippen LogP contribution in [0.4, 0.5) is 5.82 Å². The third kappa shape index (κ3) is 5.37. The van der Waals surface area contributed by atoms with Gasteiger partial charge < -0.3 is 10.2 Å². The average molecular weight is 254 g/mol. The molecule has 0 radical (unpaired) electrons. The quantitative estimate of drug-likeness (QED) is 0.719. The van der Waals surface area contributed by atoms with E-state index in [9.17, 15) is 0 Å². The standard InChI is InChI=1S/C12H22N4S/c1-4-16(5-2)6-7-17-10-11-8-15-12(13-3)9-14-11/h8-9H,4-7,10H2,1-3H3,(H,13,15). The Bertz CT molecular complexity index is 298. The Morgan fingerprint density at radius 1 is 1.24 bits per heavy atom. The molecular formula is C12H22N4S. The highest BCUT2D eigenvalue weighted by Gasteiger charge is 2.00. The molecule has 1 aromatic heterocycles. The van der Waals surface area contributed by atoms with Gasteiger partial charge in [-0.15, -0.1) is 0 Å². The Kier molecular flexibility index (Phi) is 6.96. The molecule has 0 bridgehead atoms. The first-order chi connectivity index (χ1) is 8.30. The van der Waals surface area contributed by atoms with Crippen LogP contribution < -0.4 is 5.32 Å². The predicted molar refractivity (Wildman–Crippen MR) is 75.5 cm³/mol. The highest BCUT2D eigenvalue weighted by atomic mass is 32.2. The minimum atomic E-state index is 0.821. The summed E-state index contributed by atoms with van der Waals surface area (Å²) in [6, 6.07) is 0. The maximum absolute atomic E-state index is 4.35. The minimum Gasteiger partial charge on any atom is -0.372 e. The molecule has 0 aliphatic rings. The van der Waals surface area contributed by atoms with Crippen molar-refractivity contribution in [1.29, 1.82) is 0 Å². The predicted octanol–water partition coefficient (Wildman–Crippen LogP) is 2.09.